The molecule has 0 spiro atoms. The Balaban J connectivity index is 2.13. The number of hydrogen-bond donors (Lipinski definition) is 1. The Morgan fingerprint density at radius 2 is 1.94 bits per heavy atom. The zero-order chi connectivity index (χ0) is 13.1. The Labute approximate surface area is 108 Å². The first-order chi connectivity index (χ1) is 8.56. The first-order valence-corrected chi connectivity index (χ1v) is 5.77. The maximum atomic E-state index is 12.7. The highest BCUT2D eigenvalue weighted by Crippen LogP contribution is 2.19. The van der Waals surface area contributed by atoms with Crippen LogP contribution in [0.15, 0.2) is 41.3 Å². The standard InChI is InChI=1S/C13H11ClFNO2/c14-11-8-16(13(18)7-12(11)17)6-5-9-1-3-10(15)4-2-9/h1-4,7-8,17H,5-6H2. The molecule has 0 saturated carbocycles. The van der Waals surface area contributed by atoms with E-state index in [0.717, 1.165) is 11.6 Å². The quantitative estimate of drug-likeness (QED) is 0.929. The molecule has 0 aliphatic rings. The van der Waals surface area contributed by atoms with Crippen LogP contribution in [0.2, 0.25) is 5.02 Å². The highest BCUT2D eigenvalue weighted by atomic mass is 35.5. The molecule has 1 aromatic carbocycles. The number of nitrogens with zero attached hydrogens (tertiary/aromatic N) is 1. The van der Waals surface area contributed by atoms with Crippen molar-refractivity contribution in [3.8, 4) is 5.75 Å². The molecule has 5 heteroatoms. The van der Waals surface area contributed by atoms with E-state index >= 15 is 0 Å². The van der Waals surface area contributed by atoms with Gasteiger partial charge in [0, 0.05) is 18.8 Å². The Hall–Kier alpha value is -1.81. The smallest absolute Gasteiger partial charge is 0.254 e. The third-order valence-corrected chi connectivity index (χ3v) is 2.90. The van der Waals surface area contributed by atoms with Gasteiger partial charge in [-0.25, -0.2) is 4.39 Å². The summed E-state index contributed by atoms with van der Waals surface area (Å²) in [5.74, 6) is -0.511. The van der Waals surface area contributed by atoms with Crippen molar-refractivity contribution < 1.29 is 9.50 Å². The van der Waals surface area contributed by atoms with Gasteiger partial charge in [0.05, 0.1) is 5.02 Å². The lowest BCUT2D eigenvalue weighted by molar-refractivity contribution is 0.470. The molecular formula is C13H11ClFNO2. The van der Waals surface area contributed by atoms with Gasteiger partial charge >= 0.3 is 0 Å². The topological polar surface area (TPSA) is 42.2 Å². The maximum Gasteiger partial charge on any atom is 0.254 e. The van der Waals surface area contributed by atoms with E-state index < -0.39 is 0 Å². The van der Waals surface area contributed by atoms with Crippen molar-refractivity contribution in [3.63, 3.8) is 0 Å². The summed E-state index contributed by atoms with van der Waals surface area (Å²) in [5.41, 5.74) is 0.603. The van der Waals surface area contributed by atoms with Crippen LogP contribution in [0, 0.1) is 5.82 Å². The minimum atomic E-state index is -0.320. The summed E-state index contributed by atoms with van der Waals surface area (Å²) in [5, 5.41) is 9.39. The highest BCUT2D eigenvalue weighted by molar-refractivity contribution is 6.31. The van der Waals surface area contributed by atoms with Crippen molar-refractivity contribution in [2.75, 3.05) is 0 Å². The number of pyridine rings is 1. The minimum Gasteiger partial charge on any atom is -0.506 e. The zero-order valence-electron chi connectivity index (χ0n) is 9.44. The van der Waals surface area contributed by atoms with Gasteiger partial charge in [0.25, 0.3) is 5.56 Å². The monoisotopic (exact) mass is 267 g/mol. The van der Waals surface area contributed by atoms with Crippen molar-refractivity contribution in [1.82, 2.24) is 4.57 Å². The van der Waals surface area contributed by atoms with E-state index in [0.29, 0.717) is 13.0 Å². The SMILES string of the molecule is O=c1cc(O)c(Cl)cn1CCc1ccc(F)cc1. The fourth-order valence-electron chi connectivity index (χ4n) is 1.61. The van der Waals surface area contributed by atoms with Crippen LogP contribution in [0.4, 0.5) is 4.39 Å². The summed E-state index contributed by atoms with van der Waals surface area (Å²) >= 11 is 5.73. The lowest BCUT2D eigenvalue weighted by Gasteiger charge is -2.07. The number of benzene rings is 1. The van der Waals surface area contributed by atoms with Crippen molar-refractivity contribution in [2.24, 2.45) is 0 Å². The van der Waals surface area contributed by atoms with Gasteiger partial charge in [-0.3, -0.25) is 4.79 Å². The van der Waals surface area contributed by atoms with Gasteiger partial charge in [0.15, 0.2) is 0 Å². The number of halogens is 2. The fourth-order valence-corrected chi connectivity index (χ4v) is 1.78. The molecule has 0 amide bonds. The third kappa shape index (κ3) is 2.90. The van der Waals surface area contributed by atoms with E-state index in [-0.39, 0.29) is 22.1 Å². The molecule has 1 aromatic heterocycles. The summed E-state index contributed by atoms with van der Waals surface area (Å²) in [6.45, 7) is 0.421. The molecule has 0 saturated heterocycles. The summed E-state index contributed by atoms with van der Waals surface area (Å²) < 4.78 is 14.1. The molecular weight excluding hydrogens is 257 g/mol. The number of rotatable bonds is 3. The van der Waals surface area contributed by atoms with Crippen LogP contribution in [0.25, 0.3) is 0 Å². The van der Waals surface area contributed by atoms with Gasteiger partial charge in [-0.05, 0) is 24.1 Å². The van der Waals surface area contributed by atoms with Gasteiger partial charge in [-0.15, -0.1) is 0 Å². The molecule has 0 bridgehead atoms. The molecule has 0 radical (unpaired) electrons. The van der Waals surface area contributed by atoms with Crippen LogP contribution in [-0.4, -0.2) is 9.67 Å². The van der Waals surface area contributed by atoms with E-state index in [9.17, 15) is 14.3 Å². The molecule has 1 N–H and O–H groups in total. The lowest BCUT2D eigenvalue weighted by atomic mass is 10.1. The molecule has 2 aromatic rings. The molecule has 3 nitrogen and oxygen atoms in total. The highest BCUT2D eigenvalue weighted by Gasteiger charge is 2.03. The summed E-state index contributed by atoms with van der Waals surface area (Å²) in [6.07, 6.45) is 1.98. The zero-order valence-corrected chi connectivity index (χ0v) is 10.2. The van der Waals surface area contributed by atoms with Crippen molar-refractivity contribution in [3.05, 3.63) is 63.3 Å². The lowest BCUT2D eigenvalue weighted by Crippen LogP contribution is -2.19. The molecule has 2 rings (SSSR count). The van der Waals surface area contributed by atoms with Crippen LogP contribution in [0.5, 0.6) is 5.75 Å². The molecule has 18 heavy (non-hydrogen) atoms. The molecule has 0 unspecified atom stereocenters. The summed E-state index contributed by atoms with van der Waals surface area (Å²) in [4.78, 5) is 11.6. The van der Waals surface area contributed by atoms with E-state index in [4.69, 9.17) is 11.6 Å². The van der Waals surface area contributed by atoms with Crippen molar-refractivity contribution >= 4 is 11.6 Å². The van der Waals surface area contributed by atoms with E-state index in [1.807, 2.05) is 0 Å². The Morgan fingerprint density at radius 3 is 2.61 bits per heavy atom. The maximum absolute atomic E-state index is 12.7. The normalized spacial score (nSPS) is 10.6. The van der Waals surface area contributed by atoms with E-state index in [2.05, 4.69) is 0 Å². The van der Waals surface area contributed by atoms with Gasteiger partial charge in [-0.2, -0.15) is 0 Å². The number of hydrogen-bond acceptors (Lipinski definition) is 2. The van der Waals surface area contributed by atoms with Crippen LogP contribution < -0.4 is 5.56 Å². The number of aryl methyl sites for hydroxylation is 2. The third-order valence-electron chi connectivity index (χ3n) is 2.61. The predicted molar refractivity (Wildman–Crippen MR) is 67.5 cm³/mol. The van der Waals surface area contributed by atoms with Crippen molar-refractivity contribution in [2.45, 2.75) is 13.0 Å². The van der Waals surface area contributed by atoms with Crippen LogP contribution >= 0.6 is 11.6 Å². The van der Waals surface area contributed by atoms with Crippen LogP contribution in [0.3, 0.4) is 0 Å². The fraction of sp³-hybridized carbons (Fsp3) is 0.154. The Morgan fingerprint density at radius 1 is 1.28 bits per heavy atom. The van der Waals surface area contributed by atoms with Crippen LogP contribution in [0.1, 0.15) is 5.56 Å². The minimum absolute atomic E-state index is 0.133. The first-order valence-electron chi connectivity index (χ1n) is 5.39. The van der Waals surface area contributed by atoms with Gasteiger partial charge in [0.1, 0.15) is 11.6 Å². The van der Waals surface area contributed by atoms with E-state index in [1.54, 1.807) is 12.1 Å². The first kappa shape index (κ1) is 12.6. The number of aromatic nitrogens is 1. The second-order valence-electron chi connectivity index (χ2n) is 3.91. The summed E-state index contributed by atoms with van der Waals surface area (Å²) in [6, 6.07) is 7.17. The van der Waals surface area contributed by atoms with Gasteiger partial charge in [0.2, 0.25) is 0 Å². The molecule has 0 fully saturated rings. The Kier molecular flexibility index (Phi) is 3.67. The summed E-state index contributed by atoms with van der Waals surface area (Å²) in [7, 11) is 0. The van der Waals surface area contributed by atoms with Crippen LogP contribution in [-0.2, 0) is 13.0 Å². The van der Waals surface area contributed by atoms with Gasteiger partial charge < -0.3 is 9.67 Å². The van der Waals surface area contributed by atoms with Crippen molar-refractivity contribution in [1.29, 1.82) is 0 Å². The molecule has 1 heterocycles. The predicted octanol–water partition coefficient (Wildman–Crippen LogP) is 2.59. The Bertz CT molecular complexity index is 607. The van der Waals surface area contributed by atoms with E-state index in [1.165, 1.54) is 22.9 Å². The number of aromatic hydroxyl groups is 1. The second-order valence-corrected chi connectivity index (χ2v) is 4.32. The second kappa shape index (κ2) is 5.23. The average Bonchev–Trinajstić information content (AvgIpc) is 2.34. The molecule has 94 valence electrons. The largest absolute Gasteiger partial charge is 0.506 e. The average molecular weight is 268 g/mol. The van der Waals surface area contributed by atoms with Gasteiger partial charge in [-0.1, -0.05) is 23.7 Å². The molecule has 0 aliphatic carbocycles. The molecule has 0 aliphatic heterocycles. The molecule has 0 atom stereocenters.